The van der Waals surface area contributed by atoms with Gasteiger partial charge in [0.1, 0.15) is 5.60 Å². The number of rotatable bonds is 7. The maximum atomic E-state index is 11.8. The minimum atomic E-state index is -0.449. The van der Waals surface area contributed by atoms with Gasteiger partial charge in [0.25, 0.3) is 0 Å². The molecule has 0 saturated carbocycles. The van der Waals surface area contributed by atoms with Crippen molar-refractivity contribution in [3.8, 4) is 0 Å². The van der Waals surface area contributed by atoms with Crippen LogP contribution in [0.25, 0.3) is 0 Å². The van der Waals surface area contributed by atoms with Crippen molar-refractivity contribution >= 4 is 6.09 Å². The van der Waals surface area contributed by atoms with Crippen molar-refractivity contribution in [1.29, 1.82) is 0 Å². The molecule has 2 N–H and O–H groups in total. The minimum Gasteiger partial charge on any atom is -0.444 e. The quantitative estimate of drug-likeness (QED) is 0.748. The Morgan fingerprint density at radius 3 is 2.16 bits per heavy atom. The largest absolute Gasteiger partial charge is 0.444 e. The van der Waals surface area contributed by atoms with Gasteiger partial charge in [-0.15, -0.1) is 0 Å². The van der Waals surface area contributed by atoms with E-state index in [9.17, 15) is 4.79 Å². The number of ether oxygens (including phenoxy) is 1. The van der Waals surface area contributed by atoms with Crippen molar-refractivity contribution in [1.82, 2.24) is 10.6 Å². The van der Waals surface area contributed by atoms with E-state index in [1.165, 1.54) is 6.42 Å². The van der Waals surface area contributed by atoms with Gasteiger partial charge in [-0.25, -0.2) is 4.79 Å². The van der Waals surface area contributed by atoms with Crippen LogP contribution in [0.4, 0.5) is 4.79 Å². The molecule has 0 fully saturated rings. The molecule has 2 atom stereocenters. The third-order valence-corrected chi connectivity index (χ3v) is 3.06. The van der Waals surface area contributed by atoms with Crippen LogP contribution in [-0.2, 0) is 4.74 Å². The molecule has 0 aliphatic rings. The molecule has 19 heavy (non-hydrogen) atoms. The number of hydrogen-bond acceptors (Lipinski definition) is 3. The summed E-state index contributed by atoms with van der Waals surface area (Å²) in [5.41, 5.74) is -0.449. The Morgan fingerprint density at radius 2 is 1.74 bits per heavy atom. The van der Waals surface area contributed by atoms with Crippen molar-refractivity contribution in [3.63, 3.8) is 0 Å². The molecule has 4 heteroatoms. The first-order valence-electron chi connectivity index (χ1n) is 7.36. The summed E-state index contributed by atoms with van der Waals surface area (Å²) in [5, 5.41) is 6.36. The predicted octanol–water partition coefficient (Wildman–Crippen LogP) is 3.17. The van der Waals surface area contributed by atoms with E-state index in [1.807, 2.05) is 20.8 Å². The molecular weight excluding hydrogens is 240 g/mol. The van der Waals surface area contributed by atoms with E-state index in [0.717, 1.165) is 13.1 Å². The SMILES string of the molecule is CCC(C)CNCC(NC(=O)OC(C)(C)C)C(C)C. The van der Waals surface area contributed by atoms with E-state index < -0.39 is 5.60 Å². The summed E-state index contributed by atoms with van der Waals surface area (Å²) in [6.45, 7) is 16.0. The fraction of sp³-hybridized carbons (Fsp3) is 0.933. The van der Waals surface area contributed by atoms with Crippen LogP contribution in [0.15, 0.2) is 0 Å². The molecule has 0 aliphatic carbocycles. The number of hydrogen-bond donors (Lipinski definition) is 2. The molecule has 0 saturated heterocycles. The van der Waals surface area contributed by atoms with E-state index in [1.54, 1.807) is 0 Å². The lowest BCUT2D eigenvalue weighted by molar-refractivity contribution is 0.0490. The third kappa shape index (κ3) is 9.77. The zero-order chi connectivity index (χ0) is 15.1. The lowest BCUT2D eigenvalue weighted by Crippen LogP contribution is -2.47. The second kappa shape index (κ2) is 8.41. The summed E-state index contributed by atoms with van der Waals surface area (Å²) in [6.07, 6.45) is 0.829. The van der Waals surface area contributed by atoms with E-state index in [4.69, 9.17) is 4.74 Å². The molecule has 1 amide bonds. The Kier molecular flexibility index (Phi) is 8.07. The van der Waals surface area contributed by atoms with Gasteiger partial charge in [-0.05, 0) is 39.2 Å². The van der Waals surface area contributed by atoms with Gasteiger partial charge in [-0.2, -0.15) is 0 Å². The Bertz CT molecular complexity index is 259. The zero-order valence-corrected chi connectivity index (χ0v) is 13.7. The van der Waals surface area contributed by atoms with Gasteiger partial charge < -0.3 is 15.4 Å². The van der Waals surface area contributed by atoms with Gasteiger partial charge in [-0.3, -0.25) is 0 Å². The molecule has 0 aromatic heterocycles. The first-order chi connectivity index (χ1) is 8.65. The molecule has 0 aliphatic heterocycles. The van der Waals surface area contributed by atoms with Crippen LogP contribution in [-0.4, -0.2) is 30.8 Å². The highest BCUT2D eigenvalue weighted by Gasteiger charge is 2.21. The molecule has 0 aromatic rings. The average Bonchev–Trinajstić information content (AvgIpc) is 2.24. The topological polar surface area (TPSA) is 50.4 Å². The molecule has 0 aromatic carbocycles. The first kappa shape index (κ1) is 18.2. The number of amides is 1. The van der Waals surface area contributed by atoms with Gasteiger partial charge in [-0.1, -0.05) is 34.1 Å². The Morgan fingerprint density at radius 1 is 1.16 bits per heavy atom. The van der Waals surface area contributed by atoms with Crippen LogP contribution in [0, 0.1) is 11.8 Å². The lowest BCUT2D eigenvalue weighted by Gasteiger charge is -2.26. The van der Waals surface area contributed by atoms with Crippen molar-refractivity contribution < 1.29 is 9.53 Å². The van der Waals surface area contributed by atoms with Crippen molar-refractivity contribution in [3.05, 3.63) is 0 Å². The monoisotopic (exact) mass is 272 g/mol. The molecule has 0 bridgehead atoms. The highest BCUT2D eigenvalue weighted by Crippen LogP contribution is 2.08. The molecular formula is C15H32N2O2. The van der Waals surface area contributed by atoms with E-state index in [2.05, 4.69) is 38.3 Å². The highest BCUT2D eigenvalue weighted by molar-refractivity contribution is 5.68. The Balaban J connectivity index is 4.16. The number of alkyl carbamates (subject to hydrolysis) is 1. The second-order valence-electron chi connectivity index (χ2n) is 6.67. The zero-order valence-electron chi connectivity index (χ0n) is 13.7. The predicted molar refractivity (Wildman–Crippen MR) is 80.3 cm³/mol. The van der Waals surface area contributed by atoms with E-state index in [0.29, 0.717) is 11.8 Å². The summed E-state index contributed by atoms with van der Waals surface area (Å²) in [7, 11) is 0. The lowest BCUT2D eigenvalue weighted by atomic mass is 10.0. The fourth-order valence-electron chi connectivity index (χ4n) is 1.54. The summed E-state index contributed by atoms with van der Waals surface area (Å²) < 4.78 is 5.29. The Hall–Kier alpha value is -0.770. The van der Waals surface area contributed by atoms with Crippen molar-refractivity contribution in [2.45, 2.75) is 66.5 Å². The molecule has 0 heterocycles. The van der Waals surface area contributed by atoms with Gasteiger partial charge in [0, 0.05) is 12.6 Å². The molecule has 0 radical (unpaired) electrons. The smallest absolute Gasteiger partial charge is 0.407 e. The maximum Gasteiger partial charge on any atom is 0.407 e. The normalized spacial score (nSPS) is 15.2. The Labute approximate surface area is 118 Å². The van der Waals surface area contributed by atoms with E-state index in [-0.39, 0.29) is 12.1 Å². The fourth-order valence-corrected chi connectivity index (χ4v) is 1.54. The molecule has 114 valence electrons. The molecule has 4 nitrogen and oxygen atoms in total. The van der Waals surface area contributed by atoms with E-state index >= 15 is 0 Å². The van der Waals surface area contributed by atoms with Crippen LogP contribution in [0.2, 0.25) is 0 Å². The maximum absolute atomic E-state index is 11.8. The first-order valence-corrected chi connectivity index (χ1v) is 7.36. The van der Waals surface area contributed by atoms with Crippen LogP contribution >= 0.6 is 0 Å². The number of carbonyl (C=O) groups excluding carboxylic acids is 1. The van der Waals surface area contributed by atoms with Crippen molar-refractivity contribution in [2.75, 3.05) is 13.1 Å². The molecule has 0 spiro atoms. The average molecular weight is 272 g/mol. The standard InChI is InChI=1S/C15H32N2O2/c1-8-12(4)9-16-10-13(11(2)3)17-14(18)19-15(5,6)7/h11-13,16H,8-10H2,1-7H3,(H,17,18). The van der Waals surface area contributed by atoms with Crippen LogP contribution in [0.3, 0.4) is 0 Å². The van der Waals surface area contributed by atoms with Gasteiger partial charge in [0.15, 0.2) is 0 Å². The van der Waals surface area contributed by atoms with Crippen LogP contribution in [0.5, 0.6) is 0 Å². The summed E-state index contributed by atoms with van der Waals surface area (Å²) in [4.78, 5) is 11.8. The second-order valence-corrected chi connectivity index (χ2v) is 6.67. The van der Waals surface area contributed by atoms with Crippen molar-refractivity contribution in [2.24, 2.45) is 11.8 Å². The number of carbonyl (C=O) groups is 1. The molecule has 0 rings (SSSR count). The van der Waals surface area contributed by atoms with Gasteiger partial charge in [0.05, 0.1) is 0 Å². The summed E-state index contributed by atoms with van der Waals surface area (Å²) in [5.74, 6) is 1.03. The summed E-state index contributed by atoms with van der Waals surface area (Å²) in [6, 6.07) is 0.0962. The van der Waals surface area contributed by atoms with Crippen LogP contribution in [0.1, 0.15) is 54.9 Å². The van der Waals surface area contributed by atoms with Gasteiger partial charge >= 0.3 is 6.09 Å². The third-order valence-electron chi connectivity index (χ3n) is 3.06. The van der Waals surface area contributed by atoms with Crippen LogP contribution < -0.4 is 10.6 Å². The molecule has 2 unspecified atom stereocenters. The minimum absolute atomic E-state index is 0.0962. The number of nitrogens with one attached hydrogen (secondary N) is 2. The highest BCUT2D eigenvalue weighted by atomic mass is 16.6. The summed E-state index contributed by atoms with van der Waals surface area (Å²) >= 11 is 0. The van der Waals surface area contributed by atoms with Gasteiger partial charge in [0.2, 0.25) is 0 Å².